The summed E-state index contributed by atoms with van der Waals surface area (Å²) >= 11 is 0. The van der Waals surface area contributed by atoms with Crippen LogP contribution in [0.1, 0.15) is 13.3 Å². The highest BCUT2D eigenvalue weighted by Gasteiger charge is 1.92. The first-order valence-electron chi connectivity index (χ1n) is 2.88. The summed E-state index contributed by atoms with van der Waals surface area (Å²) < 4.78 is 4.28. The topological polar surface area (TPSA) is 50.4 Å². The van der Waals surface area contributed by atoms with Crippen LogP contribution in [0.3, 0.4) is 0 Å². The average Bonchev–Trinajstić information content (AvgIpc) is 1.89. The lowest BCUT2D eigenvalue weighted by Gasteiger charge is -2.02. The largest absolute Gasteiger partial charge is 0.452 e. The molecule has 0 aliphatic heterocycles. The minimum absolute atomic E-state index is 0.455. The zero-order chi connectivity index (χ0) is 7.11. The summed E-state index contributed by atoms with van der Waals surface area (Å²) in [7, 11) is 1.32. The van der Waals surface area contributed by atoms with Gasteiger partial charge in [0, 0.05) is 6.54 Å². The number of ether oxygens (including phenoxy) is 1. The molecular formula is C5H12N2O2. The number of carbonyl (C=O) groups excluding carboxylic acids is 1. The molecule has 0 fully saturated rings. The molecule has 0 radical (unpaired) electrons. The molecule has 9 heavy (non-hydrogen) atoms. The second-order valence-corrected chi connectivity index (χ2v) is 1.54. The van der Waals surface area contributed by atoms with E-state index in [9.17, 15) is 4.79 Å². The Balaban J connectivity index is 2.97. The van der Waals surface area contributed by atoms with E-state index in [0.717, 1.165) is 13.0 Å². The van der Waals surface area contributed by atoms with E-state index in [2.05, 4.69) is 15.6 Å². The van der Waals surface area contributed by atoms with Crippen LogP contribution < -0.4 is 10.9 Å². The number of rotatable bonds is 3. The molecule has 4 heteroatoms. The van der Waals surface area contributed by atoms with Crippen LogP contribution in [-0.2, 0) is 4.74 Å². The average molecular weight is 132 g/mol. The first-order chi connectivity index (χ1) is 4.31. The van der Waals surface area contributed by atoms with Crippen molar-refractivity contribution in [2.24, 2.45) is 0 Å². The highest BCUT2D eigenvalue weighted by molar-refractivity contribution is 5.66. The highest BCUT2D eigenvalue weighted by Crippen LogP contribution is 1.68. The Morgan fingerprint density at radius 1 is 1.67 bits per heavy atom. The van der Waals surface area contributed by atoms with Gasteiger partial charge in [0.1, 0.15) is 0 Å². The van der Waals surface area contributed by atoms with E-state index in [1.165, 1.54) is 7.11 Å². The number of nitrogens with one attached hydrogen (secondary N) is 2. The molecule has 0 aromatic rings. The smallest absolute Gasteiger partial charge is 0.421 e. The van der Waals surface area contributed by atoms with Gasteiger partial charge in [-0.1, -0.05) is 6.92 Å². The van der Waals surface area contributed by atoms with Gasteiger partial charge in [-0.05, 0) is 6.42 Å². The molecule has 0 saturated heterocycles. The lowest BCUT2D eigenvalue weighted by molar-refractivity contribution is 0.166. The van der Waals surface area contributed by atoms with E-state index >= 15 is 0 Å². The Morgan fingerprint density at radius 3 is 2.78 bits per heavy atom. The molecule has 0 aromatic heterocycles. The third-order valence-electron chi connectivity index (χ3n) is 0.751. The van der Waals surface area contributed by atoms with E-state index in [4.69, 9.17) is 0 Å². The molecule has 1 amide bonds. The summed E-state index contributed by atoms with van der Waals surface area (Å²) in [5.41, 5.74) is 4.98. The second kappa shape index (κ2) is 5.37. The molecule has 0 aliphatic rings. The minimum atomic E-state index is -0.455. The maximum atomic E-state index is 10.3. The summed E-state index contributed by atoms with van der Waals surface area (Å²) in [4.78, 5) is 10.3. The fourth-order valence-electron chi connectivity index (χ4n) is 0.311. The second-order valence-electron chi connectivity index (χ2n) is 1.54. The molecular weight excluding hydrogens is 120 g/mol. The van der Waals surface area contributed by atoms with Crippen molar-refractivity contribution in [3.63, 3.8) is 0 Å². The Hall–Kier alpha value is -0.770. The molecule has 2 N–H and O–H groups in total. The van der Waals surface area contributed by atoms with Gasteiger partial charge < -0.3 is 4.74 Å². The van der Waals surface area contributed by atoms with Gasteiger partial charge in [0.25, 0.3) is 0 Å². The highest BCUT2D eigenvalue weighted by atomic mass is 16.5. The fraction of sp³-hybridized carbons (Fsp3) is 0.800. The summed E-state index contributed by atoms with van der Waals surface area (Å²) in [6.07, 6.45) is 0.521. The summed E-state index contributed by atoms with van der Waals surface area (Å²) in [6.45, 7) is 2.76. The number of hydrazine groups is 1. The van der Waals surface area contributed by atoms with E-state index in [-0.39, 0.29) is 0 Å². The van der Waals surface area contributed by atoms with Crippen molar-refractivity contribution in [2.45, 2.75) is 13.3 Å². The van der Waals surface area contributed by atoms with Crippen molar-refractivity contribution in [3.8, 4) is 0 Å². The molecule has 0 spiro atoms. The van der Waals surface area contributed by atoms with Crippen LogP contribution in [0.5, 0.6) is 0 Å². The van der Waals surface area contributed by atoms with E-state index in [0.29, 0.717) is 0 Å². The standard InChI is InChI=1S/C5H12N2O2/c1-3-4-6-7-5(8)9-2/h6H,3-4H2,1-2H3,(H,7,8). The number of hydrogen-bond donors (Lipinski definition) is 2. The van der Waals surface area contributed by atoms with Crippen molar-refractivity contribution in [3.05, 3.63) is 0 Å². The van der Waals surface area contributed by atoms with Crippen LogP contribution in [0.15, 0.2) is 0 Å². The van der Waals surface area contributed by atoms with Crippen molar-refractivity contribution in [1.29, 1.82) is 0 Å². The normalized spacial score (nSPS) is 8.67. The van der Waals surface area contributed by atoms with Crippen LogP contribution >= 0.6 is 0 Å². The minimum Gasteiger partial charge on any atom is -0.452 e. The van der Waals surface area contributed by atoms with Gasteiger partial charge in [0.05, 0.1) is 7.11 Å². The molecule has 54 valence electrons. The van der Waals surface area contributed by atoms with Crippen LogP contribution in [0.4, 0.5) is 4.79 Å². The number of amides is 1. The molecule has 0 aromatic carbocycles. The van der Waals surface area contributed by atoms with E-state index < -0.39 is 6.09 Å². The van der Waals surface area contributed by atoms with Crippen LogP contribution in [0.2, 0.25) is 0 Å². The lowest BCUT2D eigenvalue weighted by Crippen LogP contribution is -2.37. The fourth-order valence-corrected chi connectivity index (χ4v) is 0.311. The van der Waals surface area contributed by atoms with E-state index in [1.807, 2.05) is 6.92 Å². The predicted molar refractivity (Wildman–Crippen MR) is 33.8 cm³/mol. The van der Waals surface area contributed by atoms with Crippen molar-refractivity contribution >= 4 is 6.09 Å². The zero-order valence-corrected chi connectivity index (χ0v) is 5.73. The maximum Gasteiger partial charge on any atom is 0.421 e. The Kier molecular flexibility index (Phi) is 4.91. The maximum absolute atomic E-state index is 10.3. The molecule has 0 rings (SSSR count). The number of methoxy groups -OCH3 is 1. The number of carbonyl (C=O) groups is 1. The molecule has 4 nitrogen and oxygen atoms in total. The van der Waals surface area contributed by atoms with Crippen molar-refractivity contribution in [2.75, 3.05) is 13.7 Å². The Morgan fingerprint density at radius 2 is 2.33 bits per heavy atom. The van der Waals surface area contributed by atoms with Gasteiger partial charge in [-0.2, -0.15) is 0 Å². The molecule has 0 saturated carbocycles. The molecule has 0 unspecified atom stereocenters. The SMILES string of the molecule is CCCNNC(=O)OC. The van der Waals surface area contributed by atoms with Gasteiger partial charge in [0.15, 0.2) is 0 Å². The molecule has 0 heterocycles. The first kappa shape index (κ1) is 8.23. The van der Waals surface area contributed by atoms with Gasteiger partial charge in [-0.15, -0.1) is 0 Å². The molecule has 0 aliphatic carbocycles. The van der Waals surface area contributed by atoms with E-state index in [1.54, 1.807) is 0 Å². The van der Waals surface area contributed by atoms with Crippen LogP contribution in [-0.4, -0.2) is 19.7 Å². The quantitative estimate of drug-likeness (QED) is 0.427. The van der Waals surface area contributed by atoms with Gasteiger partial charge in [-0.3, -0.25) is 5.43 Å². The van der Waals surface area contributed by atoms with Crippen LogP contribution in [0, 0.1) is 0 Å². The Labute approximate surface area is 54.5 Å². The first-order valence-corrected chi connectivity index (χ1v) is 2.88. The van der Waals surface area contributed by atoms with Gasteiger partial charge >= 0.3 is 6.09 Å². The summed E-state index contributed by atoms with van der Waals surface area (Å²) in [5, 5.41) is 0. The third-order valence-corrected chi connectivity index (χ3v) is 0.751. The van der Waals surface area contributed by atoms with Gasteiger partial charge in [0.2, 0.25) is 0 Å². The number of hydrogen-bond acceptors (Lipinski definition) is 3. The zero-order valence-electron chi connectivity index (χ0n) is 5.73. The van der Waals surface area contributed by atoms with Gasteiger partial charge in [-0.25, -0.2) is 10.2 Å². The molecule has 0 atom stereocenters. The monoisotopic (exact) mass is 132 g/mol. The lowest BCUT2D eigenvalue weighted by atomic mass is 10.5. The summed E-state index contributed by atoms with van der Waals surface area (Å²) in [5.74, 6) is 0. The molecule has 0 bridgehead atoms. The Bertz CT molecular complexity index is 85.0. The third kappa shape index (κ3) is 5.10. The summed E-state index contributed by atoms with van der Waals surface area (Å²) in [6, 6.07) is 0. The van der Waals surface area contributed by atoms with Crippen LogP contribution in [0.25, 0.3) is 0 Å². The predicted octanol–water partition coefficient (Wildman–Crippen LogP) is 0.257. The van der Waals surface area contributed by atoms with Crippen molar-refractivity contribution < 1.29 is 9.53 Å². The van der Waals surface area contributed by atoms with Crippen molar-refractivity contribution in [1.82, 2.24) is 10.9 Å².